The topological polar surface area (TPSA) is 62.2 Å². The number of hydrogen-bond donors (Lipinski definition) is 2. The van der Waals surface area contributed by atoms with Gasteiger partial charge in [-0.2, -0.15) is 5.10 Å². The first kappa shape index (κ1) is 15.7. The average molecular weight is 324 g/mol. The Hall–Kier alpha value is -3.15. The SMILES string of the molecule is Cc1ccccc1NN=Cc1c(C)[nH]n(-c2ccc(F)cc2)c1=O. The maximum Gasteiger partial charge on any atom is 0.280 e. The van der Waals surface area contributed by atoms with Gasteiger partial charge in [-0.05, 0) is 49.7 Å². The first-order valence-electron chi connectivity index (χ1n) is 7.48. The van der Waals surface area contributed by atoms with Crippen LogP contribution in [0.3, 0.4) is 0 Å². The first-order chi connectivity index (χ1) is 11.6. The molecule has 1 aromatic heterocycles. The number of anilines is 1. The molecule has 5 nitrogen and oxygen atoms in total. The van der Waals surface area contributed by atoms with E-state index in [9.17, 15) is 9.18 Å². The normalized spacial score (nSPS) is 11.1. The second-order valence-corrected chi connectivity index (χ2v) is 5.45. The van der Waals surface area contributed by atoms with Crippen molar-refractivity contribution >= 4 is 11.9 Å². The molecule has 2 N–H and O–H groups in total. The minimum absolute atomic E-state index is 0.241. The number of halogens is 1. The summed E-state index contributed by atoms with van der Waals surface area (Å²) in [7, 11) is 0. The Labute approximate surface area is 138 Å². The molecule has 0 unspecified atom stereocenters. The highest BCUT2D eigenvalue weighted by molar-refractivity contribution is 5.81. The van der Waals surface area contributed by atoms with E-state index in [1.807, 2.05) is 31.2 Å². The van der Waals surface area contributed by atoms with Gasteiger partial charge < -0.3 is 0 Å². The molecule has 0 aliphatic heterocycles. The van der Waals surface area contributed by atoms with Gasteiger partial charge in [0.05, 0.1) is 23.2 Å². The number of hydrogen-bond acceptors (Lipinski definition) is 3. The highest BCUT2D eigenvalue weighted by Gasteiger charge is 2.10. The quantitative estimate of drug-likeness (QED) is 0.571. The molecule has 0 fully saturated rings. The lowest BCUT2D eigenvalue weighted by atomic mass is 10.2. The molecule has 3 aromatic rings. The predicted octanol–water partition coefficient (Wildman–Crippen LogP) is 3.37. The van der Waals surface area contributed by atoms with Crippen LogP contribution in [0.15, 0.2) is 58.4 Å². The second-order valence-electron chi connectivity index (χ2n) is 5.45. The van der Waals surface area contributed by atoms with Crippen molar-refractivity contribution in [2.24, 2.45) is 5.10 Å². The smallest absolute Gasteiger partial charge is 0.280 e. The van der Waals surface area contributed by atoms with Crippen LogP contribution in [0.4, 0.5) is 10.1 Å². The van der Waals surface area contributed by atoms with E-state index in [0.29, 0.717) is 16.9 Å². The molecule has 0 spiro atoms. The fourth-order valence-corrected chi connectivity index (χ4v) is 2.35. The number of benzene rings is 2. The zero-order valence-electron chi connectivity index (χ0n) is 13.4. The molecule has 0 saturated carbocycles. The fraction of sp³-hybridized carbons (Fsp3) is 0.111. The molecular formula is C18H17FN4O. The molecule has 0 aliphatic carbocycles. The number of nitrogens with one attached hydrogen (secondary N) is 2. The van der Waals surface area contributed by atoms with Crippen LogP contribution in [0.25, 0.3) is 5.69 Å². The van der Waals surface area contributed by atoms with Crippen molar-refractivity contribution in [1.29, 1.82) is 0 Å². The third-order valence-electron chi connectivity index (χ3n) is 3.73. The van der Waals surface area contributed by atoms with Crippen LogP contribution in [0.5, 0.6) is 0 Å². The molecule has 2 aromatic carbocycles. The molecule has 6 heteroatoms. The minimum atomic E-state index is -0.348. The molecule has 24 heavy (non-hydrogen) atoms. The van der Waals surface area contributed by atoms with Crippen molar-refractivity contribution in [3.63, 3.8) is 0 Å². The second kappa shape index (κ2) is 6.54. The fourth-order valence-electron chi connectivity index (χ4n) is 2.35. The van der Waals surface area contributed by atoms with E-state index < -0.39 is 0 Å². The Kier molecular flexibility index (Phi) is 4.29. The van der Waals surface area contributed by atoms with Crippen LogP contribution in [-0.2, 0) is 0 Å². The monoisotopic (exact) mass is 324 g/mol. The lowest BCUT2D eigenvalue weighted by Gasteiger charge is -2.02. The highest BCUT2D eigenvalue weighted by atomic mass is 19.1. The Balaban J connectivity index is 1.87. The summed E-state index contributed by atoms with van der Waals surface area (Å²) in [6, 6.07) is 13.4. The molecule has 0 radical (unpaired) electrons. The molecule has 0 atom stereocenters. The van der Waals surface area contributed by atoms with Crippen molar-refractivity contribution < 1.29 is 4.39 Å². The molecular weight excluding hydrogens is 307 g/mol. The number of hydrazone groups is 1. The van der Waals surface area contributed by atoms with Crippen molar-refractivity contribution in [3.05, 3.63) is 81.5 Å². The van der Waals surface area contributed by atoms with Gasteiger partial charge in [0.2, 0.25) is 0 Å². The average Bonchev–Trinajstić information content (AvgIpc) is 2.85. The highest BCUT2D eigenvalue weighted by Crippen LogP contribution is 2.13. The molecule has 3 rings (SSSR count). The van der Waals surface area contributed by atoms with Crippen molar-refractivity contribution in [3.8, 4) is 5.69 Å². The summed E-state index contributed by atoms with van der Waals surface area (Å²) in [6.45, 7) is 3.76. The van der Waals surface area contributed by atoms with E-state index in [1.54, 1.807) is 19.1 Å². The molecule has 1 heterocycles. The Morgan fingerprint density at radius 3 is 2.54 bits per heavy atom. The summed E-state index contributed by atoms with van der Waals surface area (Å²) < 4.78 is 14.4. The summed E-state index contributed by atoms with van der Waals surface area (Å²) in [5.74, 6) is -0.348. The number of nitrogens with zero attached hydrogens (tertiary/aromatic N) is 2. The van der Waals surface area contributed by atoms with Gasteiger partial charge in [0.25, 0.3) is 5.56 Å². The number of H-pyrrole nitrogens is 1. The molecule has 0 amide bonds. The van der Waals surface area contributed by atoms with Gasteiger partial charge in [0.15, 0.2) is 0 Å². The van der Waals surface area contributed by atoms with Gasteiger partial charge in [-0.15, -0.1) is 0 Å². The van der Waals surface area contributed by atoms with Crippen molar-refractivity contribution in [2.45, 2.75) is 13.8 Å². The van der Waals surface area contributed by atoms with Crippen LogP contribution in [0.1, 0.15) is 16.8 Å². The van der Waals surface area contributed by atoms with E-state index in [2.05, 4.69) is 15.6 Å². The van der Waals surface area contributed by atoms with Crippen LogP contribution in [-0.4, -0.2) is 16.0 Å². The first-order valence-corrected chi connectivity index (χ1v) is 7.48. The summed E-state index contributed by atoms with van der Waals surface area (Å²) in [6.07, 6.45) is 1.49. The van der Waals surface area contributed by atoms with Crippen molar-refractivity contribution in [2.75, 3.05) is 5.43 Å². The van der Waals surface area contributed by atoms with E-state index in [1.165, 1.54) is 23.0 Å². The third-order valence-corrected chi connectivity index (χ3v) is 3.73. The maximum atomic E-state index is 13.0. The van der Waals surface area contributed by atoms with Crippen molar-refractivity contribution in [1.82, 2.24) is 9.78 Å². The van der Waals surface area contributed by atoms with Gasteiger partial charge in [-0.3, -0.25) is 15.3 Å². The number of rotatable bonds is 4. The lowest BCUT2D eigenvalue weighted by Crippen LogP contribution is -2.17. The Bertz CT molecular complexity index is 938. The van der Waals surface area contributed by atoms with E-state index in [-0.39, 0.29) is 11.4 Å². The van der Waals surface area contributed by atoms with Gasteiger partial charge in [0, 0.05) is 5.69 Å². The van der Waals surface area contributed by atoms with E-state index in [0.717, 1.165) is 11.3 Å². The molecule has 122 valence electrons. The number of aromatic amines is 1. The van der Waals surface area contributed by atoms with Crippen LogP contribution in [0, 0.1) is 19.7 Å². The zero-order valence-corrected chi connectivity index (χ0v) is 13.4. The van der Waals surface area contributed by atoms with Gasteiger partial charge in [-0.25, -0.2) is 9.07 Å². The van der Waals surface area contributed by atoms with Crippen LogP contribution in [0.2, 0.25) is 0 Å². The summed E-state index contributed by atoms with van der Waals surface area (Å²) in [5.41, 5.74) is 6.31. The summed E-state index contributed by atoms with van der Waals surface area (Å²) >= 11 is 0. The third kappa shape index (κ3) is 3.12. The number of aromatic nitrogens is 2. The molecule has 0 saturated heterocycles. The standard InChI is InChI=1S/C18H17FN4O/c1-12-5-3-4-6-17(12)21-20-11-16-13(2)22-23(18(16)24)15-9-7-14(19)8-10-15/h3-11,21-22H,1-2H3. The predicted molar refractivity (Wildman–Crippen MR) is 93.5 cm³/mol. The van der Waals surface area contributed by atoms with Crippen LogP contribution >= 0.6 is 0 Å². The van der Waals surface area contributed by atoms with Gasteiger partial charge in [0.1, 0.15) is 5.82 Å². The van der Waals surface area contributed by atoms with Gasteiger partial charge >= 0.3 is 0 Å². The Morgan fingerprint density at radius 1 is 1.12 bits per heavy atom. The largest absolute Gasteiger partial charge is 0.295 e. The lowest BCUT2D eigenvalue weighted by molar-refractivity contribution is 0.627. The molecule has 0 bridgehead atoms. The van der Waals surface area contributed by atoms with E-state index >= 15 is 0 Å². The summed E-state index contributed by atoms with van der Waals surface area (Å²) in [5, 5.41) is 7.12. The Morgan fingerprint density at radius 2 is 1.83 bits per heavy atom. The van der Waals surface area contributed by atoms with Gasteiger partial charge in [-0.1, -0.05) is 18.2 Å². The maximum absolute atomic E-state index is 13.0. The number of para-hydroxylation sites is 1. The zero-order chi connectivity index (χ0) is 17.1. The van der Waals surface area contributed by atoms with E-state index in [4.69, 9.17) is 0 Å². The minimum Gasteiger partial charge on any atom is -0.295 e. The number of aryl methyl sites for hydroxylation is 2. The summed E-state index contributed by atoms with van der Waals surface area (Å²) in [4.78, 5) is 12.5. The molecule has 0 aliphatic rings. The van der Waals surface area contributed by atoms with Crippen LogP contribution < -0.4 is 11.0 Å².